The third-order valence-corrected chi connectivity index (χ3v) is 6.22. The standard InChI is InChI=1S/C24H29NO2.ClH/c1-19-9-8-14-25(18-19)15-16-27-23(26)22-17-24(22,20-10-4-2-5-11-20)21-12-6-3-7-13-21;/h2-7,10-13,19,22H,8-9,14-18H2,1H3;1H. The van der Waals surface area contributed by atoms with E-state index in [-0.39, 0.29) is 29.7 Å². The summed E-state index contributed by atoms with van der Waals surface area (Å²) in [6.07, 6.45) is 3.40. The third-order valence-electron chi connectivity index (χ3n) is 6.22. The molecule has 0 aromatic heterocycles. The number of hydrogen-bond acceptors (Lipinski definition) is 3. The average molecular weight is 400 g/mol. The van der Waals surface area contributed by atoms with E-state index in [2.05, 4.69) is 60.4 Å². The molecule has 0 amide bonds. The van der Waals surface area contributed by atoms with Crippen molar-refractivity contribution in [3.63, 3.8) is 0 Å². The monoisotopic (exact) mass is 399 g/mol. The van der Waals surface area contributed by atoms with Gasteiger partial charge in [-0.15, -0.1) is 12.4 Å². The van der Waals surface area contributed by atoms with E-state index < -0.39 is 0 Å². The highest BCUT2D eigenvalue weighted by Crippen LogP contribution is 2.59. The quantitative estimate of drug-likeness (QED) is 0.660. The molecule has 1 aliphatic heterocycles. The van der Waals surface area contributed by atoms with Gasteiger partial charge in [-0.3, -0.25) is 9.69 Å². The lowest BCUT2D eigenvalue weighted by Gasteiger charge is -2.30. The van der Waals surface area contributed by atoms with Crippen LogP contribution in [0.15, 0.2) is 60.7 Å². The topological polar surface area (TPSA) is 29.5 Å². The third kappa shape index (κ3) is 4.26. The molecule has 1 saturated carbocycles. The minimum Gasteiger partial charge on any atom is -0.464 e. The molecule has 1 heterocycles. The Morgan fingerprint density at radius 2 is 1.68 bits per heavy atom. The first-order valence-electron chi connectivity index (χ1n) is 10.2. The maximum absolute atomic E-state index is 12.8. The van der Waals surface area contributed by atoms with Crippen molar-refractivity contribution in [3.8, 4) is 0 Å². The molecular weight excluding hydrogens is 370 g/mol. The molecule has 2 aromatic carbocycles. The number of piperidine rings is 1. The second-order valence-electron chi connectivity index (χ2n) is 8.18. The van der Waals surface area contributed by atoms with Crippen molar-refractivity contribution >= 4 is 18.4 Å². The highest BCUT2D eigenvalue weighted by Gasteiger charge is 2.61. The van der Waals surface area contributed by atoms with Gasteiger partial charge < -0.3 is 4.74 Å². The zero-order chi connectivity index (χ0) is 18.7. The Labute approximate surface area is 174 Å². The zero-order valence-electron chi connectivity index (χ0n) is 16.5. The number of likely N-dealkylation sites (tertiary alicyclic amines) is 1. The molecule has 150 valence electrons. The Morgan fingerprint density at radius 1 is 1.07 bits per heavy atom. The van der Waals surface area contributed by atoms with Crippen molar-refractivity contribution in [2.75, 3.05) is 26.2 Å². The molecule has 2 fully saturated rings. The van der Waals surface area contributed by atoms with E-state index >= 15 is 0 Å². The fourth-order valence-electron chi connectivity index (χ4n) is 4.69. The molecule has 28 heavy (non-hydrogen) atoms. The molecule has 4 rings (SSSR count). The second-order valence-corrected chi connectivity index (χ2v) is 8.18. The number of rotatable bonds is 6. The lowest BCUT2D eigenvalue weighted by atomic mass is 9.86. The predicted octanol–water partition coefficient (Wildman–Crippen LogP) is 4.69. The minimum atomic E-state index is -0.223. The maximum Gasteiger partial charge on any atom is 0.310 e. The fraction of sp³-hybridized carbons (Fsp3) is 0.458. The van der Waals surface area contributed by atoms with Crippen LogP contribution in [-0.4, -0.2) is 37.1 Å². The second kappa shape index (κ2) is 9.11. The average Bonchev–Trinajstić information content (AvgIpc) is 3.47. The smallest absolute Gasteiger partial charge is 0.310 e. The SMILES string of the molecule is CC1CCCN(CCOC(=O)C2CC2(c2ccccc2)c2ccccc2)C1.Cl. The van der Waals surface area contributed by atoms with Crippen molar-refractivity contribution < 1.29 is 9.53 Å². The Hall–Kier alpha value is -1.84. The number of esters is 1. The van der Waals surface area contributed by atoms with E-state index in [4.69, 9.17) is 4.74 Å². The van der Waals surface area contributed by atoms with Gasteiger partial charge in [0.2, 0.25) is 0 Å². The summed E-state index contributed by atoms with van der Waals surface area (Å²) in [7, 11) is 0. The van der Waals surface area contributed by atoms with Gasteiger partial charge in [0.25, 0.3) is 0 Å². The normalized spacial score (nSPS) is 23.5. The first-order chi connectivity index (χ1) is 13.2. The first-order valence-corrected chi connectivity index (χ1v) is 10.2. The molecule has 0 radical (unpaired) electrons. The van der Waals surface area contributed by atoms with Crippen LogP contribution in [0.3, 0.4) is 0 Å². The van der Waals surface area contributed by atoms with E-state index in [1.54, 1.807) is 0 Å². The van der Waals surface area contributed by atoms with Gasteiger partial charge >= 0.3 is 5.97 Å². The van der Waals surface area contributed by atoms with Crippen molar-refractivity contribution in [2.45, 2.75) is 31.6 Å². The summed E-state index contributed by atoms with van der Waals surface area (Å²) in [4.78, 5) is 15.3. The van der Waals surface area contributed by atoms with E-state index in [1.165, 1.54) is 24.0 Å². The maximum atomic E-state index is 12.8. The van der Waals surface area contributed by atoms with Gasteiger partial charge in [-0.2, -0.15) is 0 Å². The van der Waals surface area contributed by atoms with Crippen LogP contribution >= 0.6 is 12.4 Å². The summed E-state index contributed by atoms with van der Waals surface area (Å²) >= 11 is 0. The molecule has 1 aliphatic carbocycles. The number of benzene rings is 2. The number of halogens is 1. The molecule has 2 atom stereocenters. The van der Waals surface area contributed by atoms with Crippen molar-refractivity contribution in [1.29, 1.82) is 0 Å². The molecule has 4 heteroatoms. The van der Waals surface area contributed by atoms with Gasteiger partial charge in [0.1, 0.15) is 6.61 Å². The van der Waals surface area contributed by atoms with Crippen molar-refractivity contribution in [2.24, 2.45) is 11.8 Å². The molecular formula is C24H30ClNO2. The Morgan fingerprint density at radius 3 is 2.25 bits per heavy atom. The fourth-order valence-corrected chi connectivity index (χ4v) is 4.69. The van der Waals surface area contributed by atoms with Gasteiger partial charge in [-0.1, -0.05) is 67.6 Å². The summed E-state index contributed by atoms with van der Waals surface area (Å²) in [5, 5.41) is 0. The predicted molar refractivity (Wildman–Crippen MR) is 115 cm³/mol. The summed E-state index contributed by atoms with van der Waals surface area (Å²) < 4.78 is 5.72. The van der Waals surface area contributed by atoms with Crippen LogP contribution in [0.2, 0.25) is 0 Å². The molecule has 0 spiro atoms. The van der Waals surface area contributed by atoms with E-state index in [0.29, 0.717) is 6.61 Å². The lowest BCUT2D eigenvalue weighted by molar-refractivity contribution is -0.146. The van der Waals surface area contributed by atoms with Crippen LogP contribution in [-0.2, 0) is 14.9 Å². The molecule has 2 unspecified atom stereocenters. The first kappa shape index (κ1) is 20.9. The minimum absolute atomic E-state index is 0. The van der Waals surface area contributed by atoms with Gasteiger partial charge in [0, 0.05) is 18.5 Å². The summed E-state index contributed by atoms with van der Waals surface area (Å²) in [5.41, 5.74) is 2.20. The summed E-state index contributed by atoms with van der Waals surface area (Å²) in [6, 6.07) is 20.8. The van der Waals surface area contributed by atoms with Crippen LogP contribution in [0, 0.1) is 11.8 Å². The molecule has 1 saturated heterocycles. The number of hydrogen-bond donors (Lipinski definition) is 0. The van der Waals surface area contributed by atoms with Crippen LogP contribution in [0.5, 0.6) is 0 Å². The van der Waals surface area contributed by atoms with E-state index in [1.807, 2.05) is 12.1 Å². The van der Waals surface area contributed by atoms with Crippen LogP contribution < -0.4 is 0 Å². The van der Waals surface area contributed by atoms with Gasteiger partial charge in [0.05, 0.1) is 5.92 Å². The summed E-state index contributed by atoms with van der Waals surface area (Å²) in [6.45, 7) is 5.91. The Kier molecular flexibility index (Phi) is 6.79. The zero-order valence-corrected chi connectivity index (χ0v) is 17.4. The van der Waals surface area contributed by atoms with E-state index in [0.717, 1.165) is 32.0 Å². The molecule has 2 aliphatic rings. The number of nitrogens with zero attached hydrogens (tertiary/aromatic N) is 1. The van der Waals surface area contributed by atoms with E-state index in [9.17, 15) is 4.79 Å². The Balaban J connectivity index is 0.00000225. The van der Waals surface area contributed by atoms with Crippen LogP contribution in [0.1, 0.15) is 37.3 Å². The van der Waals surface area contributed by atoms with Gasteiger partial charge in [0.15, 0.2) is 0 Å². The van der Waals surface area contributed by atoms with Crippen molar-refractivity contribution in [1.82, 2.24) is 4.90 Å². The summed E-state index contributed by atoms with van der Waals surface area (Å²) in [5.74, 6) is 0.622. The molecule has 3 nitrogen and oxygen atoms in total. The molecule has 0 N–H and O–H groups in total. The van der Waals surface area contributed by atoms with Crippen LogP contribution in [0.25, 0.3) is 0 Å². The largest absolute Gasteiger partial charge is 0.464 e. The van der Waals surface area contributed by atoms with Gasteiger partial charge in [-0.05, 0) is 42.9 Å². The van der Waals surface area contributed by atoms with Crippen molar-refractivity contribution in [3.05, 3.63) is 71.8 Å². The van der Waals surface area contributed by atoms with Crippen LogP contribution in [0.4, 0.5) is 0 Å². The lowest BCUT2D eigenvalue weighted by Crippen LogP contribution is -2.37. The number of ether oxygens (including phenoxy) is 1. The highest BCUT2D eigenvalue weighted by molar-refractivity contribution is 5.85. The number of carbonyl (C=O) groups is 1. The Bertz CT molecular complexity index is 725. The van der Waals surface area contributed by atoms with Gasteiger partial charge in [-0.25, -0.2) is 0 Å². The number of carbonyl (C=O) groups excluding carboxylic acids is 1. The molecule has 0 bridgehead atoms. The molecule has 2 aromatic rings. The highest BCUT2D eigenvalue weighted by atomic mass is 35.5.